The number of esters is 1. The smallest absolute Gasteiger partial charge is 0.462 e. The van der Waals surface area contributed by atoms with Gasteiger partial charge in [-0.1, -0.05) is 123 Å². The molecule has 0 aliphatic carbocycles. The molecule has 0 saturated carbocycles. The van der Waals surface area contributed by atoms with Gasteiger partial charge in [-0.2, -0.15) is 0 Å². The van der Waals surface area contributed by atoms with Crippen molar-refractivity contribution >= 4 is 12.1 Å². The molecule has 0 unspecified atom stereocenters. The van der Waals surface area contributed by atoms with Crippen molar-refractivity contribution < 1.29 is 29.3 Å². The second-order valence-corrected chi connectivity index (χ2v) is 12.5. The molecule has 7 heteroatoms. The average molecular weight is 614 g/mol. The van der Waals surface area contributed by atoms with Crippen molar-refractivity contribution in [2.75, 3.05) is 32.8 Å². The molecular weight excluding hydrogens is 542 g/mol. The van der Waals surface area contributed by atoms with Gasteiger partial charge in [-0.15, -0.1) is 0 Å². The van der Waals surface area contributed by atoms with E-state index in [1.54, 1.807) is 0 Å². The first kappa shape index (κ1) is 41.7. The minimum absolute atomic E-state index is 0.00433. The van der Waals surface area contributed by atoms with Gasteiger partial charge in [0.2, 0.25) is 0 Å². The minimum Gasteiger partial charge on any atom is -0.462 e. The van der Waals surface area contributed by atoms with E-state index in [2.05, 4.69) is 23.5 Å². The Balaban J connectivity index is 4.00. The maximum absolute atomic E-state index is 12.6. The Morgan fingerprint density at radius 2 is 1.02 bits per heavy atom. The van der Waals surface area contributed by atoms with Gasteiger partial charge in [-0.25, -0.2) is 4.79 Å². The molecule has 0 aliphatic rings. The summed E-state index contributed by atoms with van der Waals surface area (Å²) in [6.07, 6.45) is 28.7. The van der Waals surface area contributed by atoms with E-state index in [1.807, 2.05) is 0 Å². The molecule has 256 valence electrons. The fraction of sp³-hybridized carbons (Fsp3) is 0.944. The molecule has 43 heavy (non-hydrogen) atoms. The Bertz CT molecular complexity index is 586. The molecule has 0 fully saturated rings. The topological polar surface area (TPSA) is 96.3 Å². The number of carbonyl (C=O) groups excluding carboxylic acids is 1. The highest BCUT2D eigenvalue weighted by atomic mass is 16.7. The zero-order chi connectivity index (χ0) is 31.6. The lowest BCUT2D eigenvalue weighted by molar-refractivity contribution is -0.150. The normalized spacial score (nSPS) is 11.5. The SMILES string of the molecule is CCCCCCCCC(CCCCCCCC)OC(=O)CCCCCCCN(CCO)CCCCCCCCOC(=O)O. The predicted octanol–water partition coefficient (Wildman–Crippen LogP) is 10.1. The van der Waals surface area contributed by atoms with Crippen molar-refractivity contribution in [1.29, 1.82) is 0 Å². The Kier molecular flexibility index (Phi) is 32.5. The summed E-state index contributed by atoms with van der Waals surface area (Å²) in [5.74, 6) is 0.00433. The number of unbranched alkanes of at least 4 members (excludes halogenated alkanes) is 19. The van der Waals surface area contributed by atoms with E-state index in [4.69, 9.17) is 9.84 Å². The quantitative estimate of drug-likeness (QED) is 0.0550. The second-order valence-electron chi connectivity index (χ2n) is 12.5. The number of aliphatic hydroxyl groups excluding tert-OH is 1. The van der Waals surface area contributed by atoms with Gasteiger partial charge in [-0.05, 0) is 64.5 Å². The number of ether oxygens (including phenoxy) is 2. The highest BCUT2D eigenvalue weighted by Crippen LogP contribution is 2.18. The maximum Gasteiger partial charge on any atom is 0.505 e. The summed E-state index contributed by atoms with van der Waals surface area (Å²) in [5.41, 5.74) is 0. The number of hydrogen-bond donors (Lipinski definition) is 2. The first-order valence-corrected chi connectivity index (χ1v) is 18.4. The highest BCUT2D eigenvalue weighted by Gasteiger charge is 2.14. The van der Waals surface area contributed by atoms with Gasteiger partial charge < -0.3 is 24.6 Å². The standard InChI is InChI=1S/C36H71NO6/c1-3-5-7-9-14-20-26-34(27-21-15-10-8-6-4-2)43-35(39)28-22-16-13-18-24-30-37(31-32-38)29-23-17-11-12-19-25-33-42-36(40)41/h34,38H,3-33H2,1-2H3,(H,40,41). The predicted molar refractivity (Wildman–Crippen MR) is 179 cm³/mol. The number of rotatable bonds is 34. The van der Waals surface area contributed by atoms with E-state index in [1.165, 1.54) is 77.0 Å². The highest BCUT2D eigenvalue weighted by molar-refractivity contribution is 5.69. The van der Waals surface area contributed by atoms with Gasteiger partial charge >= 0.3 is 12.1 Å². The van der Waals surface area contributed by atoms with E-state index >= 15 is 0 Å². The number of carboxylic acid groups (broad SMARTS) is 1. The third-order valence-corrected chi connectivity index (χ3v) is 8.42. The first-order valence-electron chi connectivity index (χ1n) is 18.4. The van der Waals surface area contributed by atoms with E-state index < -0.39 is 6.16 Å². The van der Waals surface area contributed by atoms with Gasteiger partial charge in [-0.3, -0.25) is 4.79 Å². The zero-order valence-electron chi connectivity index (χ0n) is 28.5. The fourth-order valence-corrected chi connectivity index (χ4v) is 5.73. The molecule has 0 heterocycles. The molecule has 0 aromatic heterocycles. The van der Waals surface area contributed by atoms with Gasteiger partial charge in [0.15, 0.2) is 0 Å². The number of aliphatic hydroxyl groups is 1. The molecule has 7 nitrogen and oxygen atoms in total. The largest absolute Gasteiger partial charge is 0.505 e. The van der Waals surface area contributed by atoms with Crippen LogP contribution in [0.5, 0.6) is 0 Å². The molecule has 0 amide bonds. The third kappa shape index (κ3) is 31.9. The van der Waals surface area contributed by atoms with Gasteiger partial charge in [0.05, 0.1) is 13.2 Å². The van der Waals surface area contributed by atoms with Crippen LogP contribution in [0.1, 0.15) is 181 Å². The molecular formula is C36H71NO6. The zero-order valence-corrected chi connectivity index (χ0v) is 28.5. The van der Waals surface area contributed by atoms with Gasteiger partial charge in [0, 0.05) is 13.0 Å². The minimum atomic E-state index is -1.19. The summed E-state index contributed by atoms with van der Waals surface area (Å²) in [6, 6.07) is 0. The van der Waals surface area contributed by atoms with Crippen LogP contribution in [0.4, 0.5) is 4.79 Å². The first-order chi connectivity index (χ1) is 21.0. The van der Waals surface area contributed by atoms with Crippen LogP contribution in [0.25, 0.3) is 0 Å². The summed E-state index contributed by atoms with van der Waals surface area (Å²) in [7, 11) is 0. The summed E-state index contributed by atoms with van der Waals surface area (Å²) in [6.45, 7) is 7.78. The van der Waals surface area contributed by atoms with Crippen molar-refractivity contribution in [3.05, 3.63) is 0 Å². The van der Waals surface area contributed by atoms with E-state index in [-0.39, 0.29) is 18.7 Å². The Hall–Kier alpha value is -1.34. The monoisotopic (exact) mass is 614 g/mol. The third-order valence-electron chi connectivity index (χ3n) is 8.42. The molecule has 0 aromatic rings. The van der Waals surface area contributed by atoms with Crippen LogP contribution in [-0.4, -0.2) is 66.2 Å². The van der Waals surface area contributed by atoms with Crippen molar-refractivity contribution in [3.8, 4) is 0 Å². The number of carbonyl (C=O) groups is 2. The fourth-order valence-electron chi connectivity index (χ4n) is 5.73. The summed E-state index contributed by atoms with van der Waals surface area (Å²) in [5, 5.41) is 17.9. The Labute approximate surface area is 265 Å². The van der Waals surface area contributed by atoms with Crippen LogP contribution < -0.4 is 0 Å². The average Bonchev–Trinajstić information content (AvgIpc) is 2.98. The van der Waals surface area contributed by atoms with Gasteiger partial charge in [0.1, 0.15) is 6.10 Å². The Morgan fingerprint density at radius 1 is 0.581 bits per heavy atom. The molecule has 2 N–H and O–H groups in total. The molecule has 0 rings (SSSR count). The van der Waals surface area contributed by atoms with Crippen LogP contribution >= 0.6 is 0 Å². The summed E-state index contributed by atoms with van der Waals surface area (Å²) < 4.78 is 10.5. The number of hydrogen-bond acceptors (Lipinski definition) is 6. The van der Waals surface area contributed by atoms with Crippen LogP contribution in [0.3, 0.4) is 0 Å². The lowest BCUT2D eigenvalue weighted by atomic mass is 10.0. The molecule has 0 aromatic carbocycles. The van der Waals surface area contributed by atoms with Crippen molar-refractivity contribution in [2.45, 2.75) is 187 Å². The van der Waals surface area contributed by atoms with Crippen LogP contribution in [-0.2, 0) is 14.3 Å². The second kappa shape index (κ2) is 33.6. The Morgan fingerprint density at radius 3 is 1.51 bits per heavy atom. The molecule has 0 aliphatic heterocycles. The van der Waals surface area contributed by atoms with Gasteiger partial charge in [0.25, 0.3) is 0 Å². The summed E-state index contributed by atoms with van der Waals surface area (Å²) >= 11 is 0. The maximum atomic E-state index is 12.6. The molecule has 0 bridgehead atoms. The molecule has 0 radical (unpaired) electrons. The molecule has 0 saturated heterocycles. The van der Waals surface area contributed by atoms with Crippen LogP contribution in [0, 0.1) is 0 Å². The number of nitrogens with zero attached hydrogens (tertiary/aromatic N) is 1. The van der Waals surface area contributed by atoms with E-state index in [0.29, 0.717) is 13.0 Å². The van der Waals surface area contributed by atoms with Crippen LogP contribution in [0.15, 0.2) is 0 Å². The molecule has 0 atom stereocenters. The van der Waals surface area contributed by atoms with Crippen molar-refractivity contribution in [2.24, 2.45) is 0 Å². The van der Waals surface area contributed by atoms with Crippen molar-refractivity contribution in [1.82, 2.24) is 4.90 Å². The van der Waals surface area contributed by atoms with E-state index in [0.717, 1.165) is 103 Å². The van der Waals surface area contributed by atoms with Crippen molar-refractivity contribution in [3.63, 3.8) is 0 Å². The van der Waals surface area contributed by atoms with Crippen LogP contribution in [0.2, 0.25) is 0 Å². The summed E-state index contributed by atoms with van der Waals surface area (Å²) in [4.78, 5) is 25.3. The van der Waals surface area contributed by atoms with E-state index in [9.17, 15) is 14.7 Å². The lowest BCUT2D eigenvalue weighted by Crippen LogP contribution is -2.29. The lowest BCUT2D eigenvalue weighted by Gasteiger charge is -2.21. The molecule has 0 spiro atoms.